The van der Waals surface area contributed by atoms with Gasteiger partial charge in [-0.2, -0.15) is 0 Å². The quantitative estimate of drug-likeness (QED) is 0.150. The molecular weight excluding hydrogens is 464 g/mol. The Hall–Kier alpha value is -2.86. The third-order valence-corrected chi connectivity index (χ3v) is 6.83. The Morgan fingerprint density at radius 3 is 1.81 bits per heavy atom. The predicted octanol–water partition coefficient (Wildman–Crippen LogP) is 6.77. The van der Waals surface area contributed by atoms with E-state index in [1.54, 1.807) is 14.2 Å². The molecule has 1 aliphatic rings. The molecule has 4 rings (SSSR count). The molecule has 3 aromatic carbocycles. The largest absolute Gasteiger partial charge is 0.497 e. The van der Waals surface area contributed by atoms with E-state index in [1.165, 1.54) is 5.56 Å². The number of rotatable bonds is 17. The molecule has 0 radical (unpaired) electrons. The lowest BCUT2D eigenvalue weighted by molar-refractivity contribution is -0.0377. The molecule has 37 heavy (non-hydrogen) atoms. The van der Waals surface area contributed by atoms with Gasteiger partial charge in [-0.25, -0.2) is 0 Å². The lowest BCUT2D eigenvalue weighted by Gasteiger charge is -2.24. The van der Waals surface area contributed by atoms with Crippen LogP contribution in [0.5, 0.6) is 11.5 Å². The molecule has 0 aromatic heterocycles. The number of epoxide rings is 1. The van der Waals surface area contributed by atoms with Gasteiger partial charge in [0.05, 0.1) is 52.4 Å². The Labute approximate surface area is 221 Å². The SMILES string of the molecule is COc1ccc(CO[C@H](C[C@H]2CO2)C[C@H](CCCCc2ccccc2)OCc2ccc(OC)cc2)cc1. The average molecular weight is 505 g/mol. The van der Waals surface area contributed by atoms with Crippen LogP contribution in [0.4, 0.5) is 0 Å². The molecule has 0 bridgehead atoms. The number of ether oxygens (including phenoxy) is 5. The zero-order chi connectivity index (χ0) is 25.7. The molecule has 0 saturated carbocycles. The zero-order valence-corrected chi connectivity index (χ0v) is 22.1. The summed E-state index contributed by atoms with van der Waals surface area (Å²) in [5, 5.41) is 0. The number of hydrogen-bond acceptors (Lipinski definition) is 5. The van der Waals surface area contributed by atoms with E-state index in [2.05, 4.69) is 54.6 Å². The van der Waals surface area contributed by atoms with Crippen LogP contribution in [0.1, 0.15) is 48.8 Å². The summed E-state index contributed by atoms with van der Waals surface area (Å²) in [6.07, 6.45) is 6.65. The van der Waals surface area contributed by atoms with Crippen molar-refractivity contribution in [3.05, 3.63) is 95.6 Å². The molecule has 0 amide bonds. The van der Waals surface area contributed by atoms with Crippen LogP contribution >= 0.6 is 0 Å². The van der Waals surface area contributed by atoms with Crippen molar-refractivity contribution in [1.82, 2.24) is 0 Å². The van der Waals surface area contributed by atoms with E-state index in [0.717, 1.165) is 67.8 Å². The Balaban J connectivity index is 1.33. The van der Waals surface area contributed by atoms with Gasteiger partial charge in [-0.1, -0.05) is 61.0 Å². The highest BCUT2D eigenvalue weighted by molar-refractivity contribution is 5.27. The van der Waals surface area contributed by atoms with E-state index < -0.39 is 0 Å². The van der Waals surface area contributed by atoms with Crippen LogP contribution in [-0.4, -0.2) is 39.1 Å². The van der Waals surface area contributed by atoms with Crippen LogP contribution in [0.2, 0.25) is 0 Å². The molecule has 198 valence electrons. The third kappa shape index (κ3) is 9.84. The van der Waals surface area contributed by atoms with E-state index in [9.17, 15) is 0 Å². The average Bonchev–Trinajstić information content (AvgIpc) is 3.77. The fourth-order valence-corrected chi connectivity index (χ4v) is 4.51. The molecule has 0 aliphatic carbocycles. The number of aryl methyl sites for hydroxylation is 1. The minimum absolute atomic E-state index is 0.0876. The molecule has 0 spiro atoms. The summed E-state index contributed by atoms with van der Waals surface area (Å²) in [6.45, 7) is 1.98. The van der Waals surface area contributed by atoms with Gasteiger partial charge < -0.3 is 23.7 Å². The third-order valence-electron chi connectivity index (χ3n) is 6.83. The fourth-order valence-electron chi connectivity index (χ4n) is 4.51. The highest BCUT2D eigenvalue weighted by atomic mass is 16.6. The van der Waals surface area contributed by atoms with E-state index in [1.807, 2.05) is 24.3 Å². The lowest BCUT2D eigenvalue weighted by atomic mass is 10.00. The number of unbranched alkanes of at least 4 members (excludes halogenated alkanes) is 1. The van der Waals surface area contributed by atoms with Crippen molar-refractivity contribution < 1.29 is 23.7 Å². The van der Waals surface area contributed by atoms with Gasteiger partial charge in [0.25, 0.3) is 0 Å². The first-order valence-electron chi connectivity index (χ1n) is 13.4. The van der Waals surface area contributed by atoms with Crippen molar-refractivity contribution in [2.24, 2.45) is 0 Å². The molecule has 5 nitrogen and oxygen atoms in total. The van der Waals surface area contributed by atoms with Crippen molar-refractivity contribution in [2.45, 2.75) is 70.1 Å². The Morgan fingerprint density at radius 1 is 0.703 bits per heavy atom. The highest BCUT2D eigenvalue weighted by Crippen LogP contribution is 2.25. The number of methoxy groups -OCH3 is 2. The molecular formula is C32H40O5. The van der Waals surface area contributed by atoms with Crippen molar-refractivity contribution >= 4 is 0 Å². The first-order chi connectivity index (χ1) is 18.2. The second-order valence-electron chi connectivity index (χ2n) is 9.72. The summed E-state index contributed by atoms with van der Waals surface area (Å²) in [7, 11) is 3.37. The van der Waals surface area contributed by atoms with Gasteiger partial charge in [0.1, 0.15) is 11.5 Å². The van der Waals surface area contributed by atoms with Crippen LogP contribution < -0.4 is 9.47 Å². The maximum atomic E-state index is 6.49. The molecule has 1 aliphatic heterocycles. The maximum Gasteiger partial charge on any atom is 0.118 e. The minimum Gasteiger partial charge on any atom is -0.497 e. The van der Waals surface area contributed by atoms with Crippen LogP contribution in [0.3, 0.4) is 0 Å². The van der Waals surface area contributed by atoms with Gasteiger partial charge in [0.15, 0.2) is 0 Å². The van der Waals surface area contributed by atoms with E-state index in [-0.39, 0.29) is 12.2 Å². The monoisotopic (exact) mass is 504 g/mol. The van der Waals surface area contributed by atoms with Crippen molar-refractivity contribution in [3.63, 3.8) is 0 Å². The Kier molecular flexibility index (Phi) is 10.9. The number of benzene rings is 3. The summed E-state index contributed by atoms with van der Waals surface area (Å²) in [5.41, 5.74) is 3.68. The van der Waals surface area contributed by atoms with Gasteiger partial charge in [-0.3, -0.25) is 0 Å². The standard InChI is InChI=1S/C32H40O5/c1-33-28-16-12-26(13-17-28)22-35-30(11-7-6-10-25-8-4-3-5-9-25)20-31(21-32-24-37-32)36-23-27-14-18-29(34-2)19-15-27/h3-5,8-9,12-19,30-32H,6-7,10-11,20-24H2,1-2H3/t30-,31-,32-/m0/s1. The summed E-state index contributed by atoms with van der Waals surface area (Å²) in [5.74, 6) is 1.71. The van der Waals surface area contributed by atoms with Gasteiger partial charge in [-0.15, -0.1) is 0 Å². The van der Waals surface area contributed by atoms with E-state index >= 15 is 0 Å². The zero-order valence-electron chi connectivity index (χ0n) is 22.1. The molecule has 1 saturated heterocycles. The first-order valence-corrected chi connectivity index (χ1v) is 13.4. The highest BCUT2D eigenvalue weighted by Gasteiger charge is 2.29. The van der Waals surface area contributed by atoms with Crippen LogP contribution in [-0.2, 0) is 33.8 Å². The predicted molar refractivity (Wildman–Crippen MR) is 146 cm³/mol. The molecule has 0 unspecified atom stereocenters. The minimum atomic E-state index is 0.0876. The van der Waals surface area contributed by atoms with E-state index in [4.69, 9.17) is 23.7 Å². The van der Waals surface area contributed by atoms with Crippen LogP contribution in [0, 0.1) is 0 Å². The summed E-state index contributed by atoms with van der Waals surface area (Å²) in [4.78, 5) is 0. The summed E-state index contributed by atoms with van der Waals surface area (Å²) >= 11 is 0. The fraction of sp³-hybridized carbons (Fsp3) is 0.438. The van der Waals surface area contributed by atoms with Crippen molar-refractivity contribution in [1.29, 1.82) is 0 Å². The summed E-state index contributed by atoms with van der Waals surface area (Å²) in [6, 6.07) is 26.9. The van der Waals surface area contributed by atoms with Crippen LogP contribution in [0.25, 0.3) is 0 Å². The topological polar surface area (TPSA) is 49.5 Å². The second-order valence-corrected chi connectivity index (χ2v) is 9.72. The molecule has 1 heterocycles. The molecule has 3 atom stereocenters. The normalized spacial score (nSPS) is 16.2. The Morgan fingerprint density at radius 2 is 1.27 bits per heavy atom. The summed E-state index contributed by atoms with van der Waals surface area (Å²) < 4.78 is 29.0. The Bertz CT molecular complexity index is 1020. The van der Waals surface area contributed by atoms with Gasteiger partial charge in [-0.05, 0) is 66.6 Å². The van der Waals surface area contributed by atoms with Gasteiger partial charge >= 0.3 is 0 Å². The van der Waals surface area contributed by atoms with Crippen molar-refractivity contribution in [3.8, 4) is 11.5 Å². The first kappa shape index (κ1) is 27.2. The molecule has 5 heteroatoms. The lowest BCUT2D eigenvalue weighted by Crippen LogP contribution is -2.25. The smallest absolute Gasteiger partial charge is 0.118 e. The molecule has 1 fully saturated rings. The van der Waals surface area contributed by atoms with E-state index in [0.29, 0.717) is 19.3 Å². The molecule has 3 aromatic rings. The van der Waals surface area contributed by atoms with Crippen LogP contribution in [0.15, 0.2) is 78.9 Å². The molecule has 0 N–H and O–H groups in total. The van der Waals surface area contributed by atoms with Crippen molar-refractivity contribution in [2.75, 3.05) is 20.8 Å². The number of hydrogen-bond donors (Lipinski definition) is 0. The maximum absolute atomic E-state index is 6.49. The van der Waals surface area contributed by atoms with Gasteiger partial charge in [0, 0.05) is 6.42 Å². The second kappa shape index (κ2) is 14.8. The van der Waals surface area contributed by atoms with Gasteiger partial charge in [0.2, 0.25) is 0 Å².